The molecule has 0 saturated carbocycles. The second kappa shape index (κ2) is 14.9. The molecule has 1 saturated heterocycles. The first-order valence-corrected chi connectivity index (χ1v) is 15.4. The highest BCUT2D eigenvalue weighted by molar-refractivity contribution is 7.91. The molecule has 1 aliphatic heterocycles. The summed E-state index contributed by atoms with van der Waals surface area (Å²) in [7, 11) is -2.88. The van der Waals surface area contributed by atoms with Gasteiger partial charge in [0.05, 0.1) is 16.9 Å². The normalized spacial score (nSPS) is 20.9. The van der Waals surface area contributed by atoms with E-state index in [0.717, 1.165) is 33.4 Å². The number of ether oxygens (including phenoxy) is 7. The molecule has 13 nitrogen and oxygen atoms in total. The summed E-state index contributed by atoms with van der Waals surface area (Å²) in [6.45, 7) is 3.53. The number of benzene rings is 3. The first kappa shape index (κ1) is 33.9. The Kier molecular flexibility index (Phi) is 11.0. The zero-order chi connectivity index (χ0) is 33.4. The molecule has 0 radical (unpaired) electrons. The summed E-state index contributed by atoms with van der Waals surface area (Å²) in [4.78, 5) is 48.4. The van der Waals surface area contributed by atoms with Crippen molar-refractivity contribution in [2.24, 2.45) is 0 Å². The van der Waals surface area contributed by atoms with E-state index < -0.39 is 64.4 Å². The summed E-state index contributed by atoms with van der Waals surface area (Å²) in [6.07, 6.45) is -7.84. The van der Waals surface area contributed by atoms with Crippen LogP contribution < -0.4 is 9.47 Å². The Morgan fingerprint density at radius 2 is 1.17 bits per heavy atom. The minimum Gasteiger partial charge on any atom is -0.489 e. The van der Waals surface area contributed by atoms with Crippen molar-refractivity contribution in [2.75, 3.05) is 7.11 Å². The number of carbonyl (C=O) groups excluding carboxylic acids is 4. The van der Waals surface area contributed by atoms with Gasteiger partial charge in [-0.1, -0.05) is 30.3 Å². The van der Waals surface area contributed by atoms with E-state index in [2.05, 4.69) is 0 Å². The lowest BCUT2D eigenvalue weighted by atomic mass is 9.98. The lowest BCUT2D eigenvalue weighted by Gasteiger charge is -2.43. The second-order valence-electron chi connectivity index (χ2n) is 10.0. The summed E-state index contributed by atoms with van der Waals surface area (Å²) < 4.78 is 64.6. The highest BCUT2D eigenvalue weighted by atomic mass is 32.2. The molecule has 0 aliphatic carbocycles. The molecule has 3 aromatic carbocycles. The van der Waals surface area contributed by atoms with Gasteiger partial charge in [-0.3, -0.25) is 14.4 Å². The number of sulfone groups is 1. The Bertz CT molecular complexity index is 1640. The van der Waals surface area contributed by atoms with Crippen LogP contribution in [0.4, 0.5) is 0 Å². The summed E-state index contributed by atoms with van der Waals surface area (Å²) >= 11 is 0. The molecule has 0 aromatic heterocycles. The van der Waals surface area contributed by atoms with Gasteiger partial charge in [0.1, 0.15) is 18.1 Å². The zero-order valence-electron chi connectivity index (χ0n) is 25.3. The third-order valence-electron chi connectivity index (χ3n) is 6.60. The molecule has 0 spiro atoms. The van der Waals surface area contributed by atoms with Gasteiger partial charge in [-0.15, -0.1) is 0 Å². The largest absolute Gasteiger partial charge is 0.489 e. The first-order chi connectivity index (χ1) is 21.9. The maximum atomic E-state index is 13.3. The van der Waals surface area contributed by atoms with E-state index in [1.807, 2.05) is 30.3 Å². The minimum absolute atomic E-state index is 0.0282. The third kappa shape index (κ3) is 8.40. The van der Waals surface area contributed by atoms with Crippen LogP contribution in [0.3, 0.4) is 0 Å². The van der Waals surface area contributed by atoms with Crippen LogP contribution in [-0.2, 0) is 59.3 Å². The van der Waals surface area contributed by atoms with Crippen LogP contribution in [0.15, 0.2) is 88.7 Å². The standard InChI is InChI=1S/C32H32O13S/c1-19(33)41-27-28(42-20(2)34)30(43-21(3)35)32(45-29(27)31(36)39-4)44-24-12-16-26(17-13-24)46(37,38)25-14-10-23(11-15-25)40-18-22-8-6-5-7-9-22/h5-17,27-30,32H,18H2,1-4H3/t27-,28-,29-,30+,32+/m0/s1/i10+1,11+1,12+1,13+1,14+1,15+1,16+1,17+1,23+1,24+1,25+1,26+1. The second-order valence-corrected chi connectivity index (χ2v) is 12.0. The monoisotopic (exact) mass is 668 g/mol. The fourth-order valence-corrected chi connectivity index (χ4v) is 5.86. The maximum absolute atomic E-state index is 13.3. The lowest BCUT2D eigenvalue weighted by Crippen LogP contribution is -2.64. The van der Waals surface area contributed by atoms with Gasteiger partial charge in [-0.2, -0.15) is 0 Å². The van der Waals surface area contributed by atoms with Crippen molar-refractivity contribution in [3.05, 3.63) is 84.4 Å². The first-order valence-electron chi connectivity index (χ1n) is 13.9. The van der Waals surface area contributed by atoms with Crippen LogP contribution in [0.5, 0.6) is 11.5 Å². The van der Waals surface area contributed by atoms with E-state index in [1.165, 1.54) is 36.4 Å². The number of hydrogen-bond acceptors (Lipinski definition) is 13. The summed E-state index contributed by atoms with van der Waals surface area (Å²) in [6, 6.07) is 20.7. The number of hydrogen-bond donors (Lipinski definition) is 0. The van der Waals surface area contributed by atoms with Crippen molar-refractivity contribution in [2.45, 2.75) is 67.9 Å². The molecule has 1 aliphatic rings. The fraction of sp³-hybridized carbons (Fsp3) is 0.312. The van der Waals surface area contributed by atoms with Crippen molar-refractivity contribution >= 4 is 33.7 Å². The van der Waals surface area contributed by atoms with Gasteiger partial charge >= 0.3 is 23.9 Å². The van der Waals surface area contributed by atoms with Gasteiger partial charge in [-0.05, 0) is 54.1 Å². The number of rotatable bonds is 11. The molecule has 0 bridgehead atoms. The maximum Gasteiger partial charge on any atom is 0.339 e. The lowest BCUT2D eigenvalue weighted by molar-refractivity contribution is -0.282. The molecule has 1 heterocycles. The summed E-state index contributed by atoms with van der Waals surface area (Å²) in [5.74, 6) is -2.95. The van der Waals surface area contributed by atoms with E-state index in [1.54, 1.807) is 12.1 Å². The average molecular weight is 669 g/mol. The number of methoxy groups -OCH3 is 1. The molecular weight excluding hydrogens is 636 g/mol. The molecule has 5 atom stereocenters. The van der Waals surface area contributed by atoms with Crippen LogP contribution in [-0.4, -0.2) is 70.1 Å². The van der Waals surface area contributed by atoms with Gasteiger partial charge in [0.2, 0.25) is 22.2 Å². The predicted octanol–water partition coefficient (Wildman–Crippen LogP) is 3.17. The number of carbonyl (C=O) groups is 4. The molecule has 46 heavy (non-hydrogen) atoms. The van der Waals surface area contributed by atoms with Crippen LogP contribution >= 0.6 is 0 Å². The molecular formula is C32H32O13S. The highest BCUT2D eigenvalue weighted by Gasteiger charge is 2.55. The molecule has 1 fully saturated rings. The van der Waals surface area contributed by atoms with Gasteiger partial charge in [0.15, 0.2) is 18.3 Å². The summed E-state index contributed by atoms with van der Waals surface area (Å²) in [5, 5.41) is 0. The van der Waals surface area contributed by atoms with E-state index in [-0.39, 0.29) is 15.5 Å². The molecule has 244 valence electrons. The van der Waals surface area contributed by atoms with Crippen molar-refractivity contribution in [3.63, 3.8) is 0 Å². The van der Waals surface area contributed by atoms with E-state index in [9.17, 15) is 27.6 Å². The topological polar surface area (TPSA) is 167 Å². The zero-order valence-corrected chi connectivity index (χ0v) is 26.1. The fourth-order valence-electron chi connectivity index (χ4n) is 4.60. The highest BCUT2D eigenvalue weighted by Crippen LogP contribution is 2.32. The Morgan fingerprint density at radius 1 is 0.674 bits per heavy atom. The van der Waals surface area contributed by atoms with Crippen molar-refractivity contribution in [1.82, 2.24) is 0 Å². The van der Waals surface area contributed by atoms with Gasteiger partial charge in [-0.25, -0.2) is 13.2 Å². The molecule has 0 unspecified atom stereocenters. The Labute approximate surface area is 265 Å². The van der Waals surface area contributed by atoms with Gasteiger partial charge in [0.25, 0.3) is 0 Å². The van der Waals surface area contributed by atoms with Crippen LogP contribution in [0.1, 0.15) is 26.3 Å². The Balaban J connectivity index is 1.55. The molecule has 0 amide bonds. The van der Waals surface area contributed by atoms with Crippen molar-refractivity contribution in [3.8, 4) is 11.5 Å². The van der Waals surface area contributed by atoms with Crippen molar-refractivity contribution in [1.29, 1.82) is 0 Å². The van der Waals surface area contributed by atoms with Crippen molar-refractivity contribution < 1.29 is 60.8 Å². The Morgan fingerprint density at radius 3 is 1.70 bits per heavy atom. The number of esters is 4. The smallest absolute Gasteiger partial charge is 0.339 e. The SMILES string of the molecule is COC(=O)[C@H]1O[C@@H](O[13c]2[13cH][13cH][13c](S(=O)(=O)[13c]3[13cH][13cH][13c](OCc4ccccc4)[13cH][13cH]3)[13cH][13cH]2)[C@H](OC(C)=O)[C@@H](OC(C)=O)[C@@H]1OC(C)=O. The summed E-state index contributed by atoms with van der Waals surface area (Å²) in [5.41, 5.74) is 0.964. The molecule has 4 rings (SSSR count). The average Bonchev–Trinajstić information content (AvgIpc) is 3.02. The molecule has 3 aromatic rings. The predicted molar refractivity (Wildman–Crippen MR) is 157 cm³/mol. The quantitative estimate of drug-likeness (QED) is 0.216. The van der Waals surface area contributed by atoms with E-state index in [4.69, 9.17) is 33.2 Å². The molecule has 14 heteroatoms. The van der Waals surface area contributed by atoms with Gasteiger partial charge < -0.3 is 33.2 Å². The Hall–Kier alpha value is -4.95. The molecule has 0 N–H and O–H groups in total. The third-order valence-corrected chi connectivity index (χ3v) is 8.39. The van der Waals surface area contributed by atoms with Crippen LogP contribution in [0, 0.1) is 0 Å². The van der Waals surface area contributed by atoms with E-state index in [0.29, 0.717) is 12.4 Å². The van der Waals surface area contributed by atoms with E-state index >= 15 is 0 Å². The van der Waals surface area contributed by atoms with Crippen LogP contribution in [0.25, 0.3) is 0 Å². The van der Waals surface area contributed by atoms with Gasteiger partial charge in [0, 0.05) is 20.8 Å². The minimum atomic E-state index is -3.94. The van der Waals surface area contributed by atoms with Crippen LogP contribution in [0.2, 0.25) is 0 Å².